The molecule has 0 aliphatic rings. The van der Waals surface area contributed by atoms with Crippen LogP contribution in [0.4, 0.5) is 0 Å². The summed E-state index contributed by atoms with van der Waals surface area (Å²) in [4.78, 5) is 0. The number of benzene rings is 2. The van der Waals surface area contributed by atoms with Crippen LogP contribution in [0.2, 0.25) is 0 Å². The molecule has 0 aromatic heterocycles. The fourth-order valence-electron chi connectivity index (χ4n) is 1.67. The molecule has 0 amide bonds. The lowest BCUT2D eigenvalue weighted by Crippen LogP contribution is -2.23. The summed E-state index contributed by atoms with van der Waals surface area (Å²) in [5.41, 5.74) is 11.1. The van der Waals surface area contributed by atoms with Gasteiger partial charge in [-0.25, -0.2) is 0 Å². The van der Waals surface area contributed by atoms with Crippen LogP contribution in [0.3, 0.4) is 0 Å². The van der Waals surface area contributed by atoms with Crippen molar-refractivity contribution in [3.05, 3.63) is 65.2 Å². The van der Waals surface area contributed by atoms with Gasteiger partial charge in [0.2, 0.25) is 0 Å². The number of ether oxygens (including phenoxy) is 1. The third-order valence-corrected chi connectivity index (χ3v) is 2.89. The number of hydrogen-bond donors (Lipinski definition) is 2. The summed E-state index contributed by atoms with van der Waals surface area (Å²) >= 11 is 4.65. The van der Waals surface area contributed by atoms with Gasteiger partial charge in [-0.3, -0.25) is 5.43 Å². The molecule has 2 aromatic rings. The van der Waals surface area contributed by atoms with Crippen molar-refractivity contribution in [3.8, 4) is 5.75 Å². The number of nitrogens with zero attached hydrogens (tertiary/aromatic N) is 1. The molecule has 0 fully saturated rings. The van der Waals surface area contributed by atoms with Crippen molar-refractivity contribution < 1.29 is 4.74 Å². The summed E-state index contributed by atoms with van der Waals surface area (Å²) < 4.78 is 5.73. The van der Waals surface area contributed by atoms with Gasteiger partial charge in [0.25, 0.3) is 0 Å². The van der Waals surface area contributed by atoms with E-state index in [4.69, 9.17) is 10.5 Å². The van der Waals surface area contributed by atoms with Gasteiger partial charge in [0, 0.05) is 0 Å². The van der Waals surface area contributed by atoms with E-state index in [1.165, 1.54) is 5.56 Å². The number of hydrogen-bond acceptors (Lipinski definition) is 3. The molecular weight excluding hydrogens is 282 g/mol. The van der Waals surface area contributed by atoms with Crippen LogP contribution in [0, 0.1) is 6.92 Å². The van der Waals surface area contributed by atoms with E-state index in [-0.39, 0.29) is 5.11 Å². The van der Waals surface area contributed by atoms with Crippen molar-refractivity contribution in [1.82, 2.24) is 5.43 Å². The Morgan fingerprint density at radius 1 is 1.19 bits per heavy atom. The van der Waals surface area contributed by atoms with Crippen molar-refractivity contribution in [1.29, 1.82) is 0 Å². The number of hydrazone groups is 1. The number of nitrogens with two attached hydrogens (primary N) is 1. The van der Waals surface area contributed by atoms with E-state index in [0.717, 1.165) is 16.9 Å². The van der Waals surface area contributed by atoms with Gasteiger partial charge in [0.1, 0.15) is 12.4 Å². The number of aryl methyl sites for hydroxylation is 1. The molecule has 0 heterocycles. The van der Waals surface area contributed by atoms with Gasteiger partial charge in [-0.15, -0.1) is 0 Å². The lowest BCUT2D eigenvalue weighted by atomic mass is 10.2. The van der Waals surface area contributed by atoms with Gasteiger partial charge in [0.05, 0.1) is 6.21 Å². The van der Waals surface area contributed by atoms with Gasteiger partial charge in [-0.2, -0.15) is 5.10 Å². The molecule has 21 heavy (non-hydrogen) atoms. The lowest BCUT2D eigenvalue weighted by molar-refractivity contribution is 0.306. The first-order chi connectivity index (χ1) is 10.1. The molecule has 0 bridgehead atoms. The van der Waals surface area contributed by atoms with Crippen LogP contribution in [-0.2, 0) is 6.61 Å². The Bertz CT molecular complexity index is 621. The first-order valence-electron chi connectivity index (χ1n) is 6.50. The van der Waals surface area contributed by atoms with E-state index in [2.05, 4.69) is 53.9 Å². The standard InChI is InChI=1S/C16H17N3OS/c1-12-2-4-14(5-3-12)11-20-15-8-6-13(7-9-15)10-18-19-16(17)21/h2-10H,11H2,1H3,(H3,17,19,21)/b18-10+. The SMILES string of the molecule is Cc1ccc(COc2ccc(/C=N/NC(N)=S)cc2)cc1. The maximum atomic E-state index is 5.73. The predicted molar refractivity (Wildman–Crippen MR) is 89.5 cm³/mol. The number of thiocarbonyl (C=S) groups is 1. The zero-order valence-corrected chi connectivity index (χ0v) is 12.6. The highest BCUT2D eigenvalue weighted by atomic mass is 32.1. The van der Waals surface area contributed by atoms with Crippen LogP contribution in [0.15, 0.2) is 53.6 Å². The van der Waals surface area contributed by atoms with Gasteiger partial charge in [-0.1, -0.05) is 29.8 Å². The summed E-state index contributed by atoms with van der Waals surface area (Å²) in [6, 6.07) is 15.9. The Hall–Kier alpha value is -2.40. The highest BCUT2D eigenvalue weighted by molar-refractivity contribution is 7.80. The third kappa shape index (κ3) is 5.24. The van der Waals surface area contributed by atoms with E-state index in [9.17, 15) is 0 Å². The van der Waals surface area contributed by atoms with Crippen molar-refractivity contribution >= 4 is 23.5 Å². The second kappa shape index (κ2) is 7.40. The van der Waals surface area contributed by atoms with Crippen molar-refractivity contribution in [2.24, 2.45) is 10.8 Å². The maximum Gasteiger partial charge on any atom is 0.184 e. The second-order valence-electron chi connectivity index (χ2n) is 4.58. The van der Waals surface area contributed by atoms with Gasteiger partial charge in [-0.05, 0) is 54.5 Å². The first-order valence-corrected chi connectivity index (χ1v) is 6.91. The van der Waals surface area contributed by atoms with Crippen LogP contribution < -0.4 is 15.9 Å². The van der Waals surface area contributed by atoms with Gasteiger partial charge >= 0.3 is 0 Å². The van der Waals surface area contributed by atoms with Crippen LogP contribution >= 0.6 is 12.2 Å². The summed E-state index contributed by atoms with van der Waals surface area (Å²) in [6.45, 7) is 2.62. The fraction of sp³-hybridized carbons (Fsp3) is 0.125. The molecule has 3 N–H and O–H groups in total. The van der Waals surface area contributed by atoms with Crippen LogP contribution in [-0.4, -0.2) is 11.3 Å². The molecule has 0 aliphatic carbocycles. The minimum atomic E-state index is 0.143. The van der Waals surface area contributed by atoms with Crippen LogP contribution in [0.5, 0.6) is 5.75 Å². The average Bonchev–Trinajstić information content (AvgIpc) is 2.48. The third-order valence-electron chi connectivity index (χ3n) is 2.79. The lowest BCUT2D eigenvalue weighted by Gasteiger charge is -2.06. The molecule has 5 heteroatoms. The smallest absolute Gasteiger partial charge is 0.184 e. The Morgan fingerprint density at radius 2 is 1.86 bits per heavy atom. The van der Waals surface area contributed by atoms with E-state index in [0.29, 0.717) is 6.61 Å². The minimum Gasteiger partial charge on any atom is -0.489 e. The number of nitrogens with one attached hydrogen (secondary N) is 1. The van der Waals surface area contributed by atoms with Crippen molar-refractivity contribution in [2.75, 3.05) is 0 Å². The van der Waals surface area contributed by atoms with Crippen molar-refractivity contribution in [3.63, 3.8) is 0 Å². The molecule has 0 aliphatic heterocycles. The molecule has 0 spiro atoms. The normalized spacial score (nSPS) is 10.5. The molecule has 0 atom stereocenters. The van der Waals surface area contributed by atoms with E-state index < -0.39 is 0 Å². The molecule has 2 rings (SSSR count). The first kappa shape index (κ1) is 15.0. The molecule has 0 radical (unpaired) electrons. The Labute approximate surface area is 129 Å². The molecule has 0 saturated heterocycles. The Balaban J connectivity index is 1.88. The monoisotopic (exact) mass is 299 g/mol. The fourth-order valence-corrected chi connectivity index (χ4v) is 1.72. The van der Waals surface area contributed by atoms with Crippen LogP contribution in [0.1, 0.15) is 16.7 Å². The van der Waals surface area contributed by atoms with Gasteiger partial charge < -0.3 is 10.5 Å². The van der Waals surface area contributed by atoms with E-state index in [1.54, 1.807) is 6.21 Å². The van der Waals surface area contributed by atoms with Crippen LogP contribution in [0.25, 0.3) is 0 Å². The molecule has 0 saturated carbocycles. The molecule has 4 nitrogen and oxygen atoms in total. The average molecular weight is 299 g/mol. The molecule has 108 valence electrons. The summed E-state index contributed by atoms with van der Waals surface area (Å²) in [7, 11) is 0. The highest BCUT2D eigenvalue weighted by Gasteiger charge is 1.96. The van der Waals surface area contributed by atoms with Gasteiger partial charge in [0.15, 0.2) is 5.11 Å². The van der Waals surface area contributed by atoms with E-state index in [1.807, 2.05) is 24.3 Å². The predicted octanol–water partition coefficient (Wildman–Crippen LogP) is 2.74. The minimum absolute atomic E-state index is 0.143. The highest BCUT2D eigenvalue weighted by Crippen LogP contribution is 2.13. The molecule has 2 aromatic carbocycles. The number of rotatable bonds is 5. The zero-order chi connectivity index (χ0) is 15.1. The zero-order valence-electron chi connectivity index (χ0n) is 11.7. The maximum absolute atomic E-state index is 5.73. The largest absolute Gasteiger partial charge is 0.489 e. The molecular formula is C16H17N3OS. The van der Waals surface area contributed by atoms with Crippen molar-refractivity contribution in [2.45, 2.75) is 13.5 Å². The quantitative estimate of drug-likeness (QED) is 0.506. The topological polar surface area (TPSA) is 59.6 Å². The molecule has 0 unspecified atom stereocenters. The summed E-state index contributed by atoms with van der Waals surface area (Å²) in [5.74, 6) is 0.815. The Kier molecular flexibility index (Phi) is 5.29. The summed E-state index contributed by atoms with van der Waals surface area (Å²) in [5, 5.41) is 4.03. The van der Waals surface area contributed by atoms with E-state index >= 15 is 0 Å². The summed E-state index contributed by atoms with van der Waals surface area (Å²) in [6.07, 6.45) is 1.64. The second-order valence-corrected chi connectivity index (χ2v) is 5.02. The Morgan fingerprint density at radius 3 is 2.48 bits per heavy atom.